The fraction of sp³-hybridized carbons (Fsp3) is 0.417. The Morgan fingerprint density at radius 2 is 2.48 bits per heavy atom. The van der Waals surface area contributed by atoms with E-state index in [1.165, 1.54) is 16.1 Å². The average Bonchev–Trinajstić information content (AvgIpc) is 3.12. The Kier molecular flexibility index (Phi) is 3.91. The number of amides is 2. The number of nitrogens with one attached hydrogen (secondary N) is 2. The first kappa shape index (κ1) is 13.7. The second kappa shape index (κ2) is 6.00. The monoisotopic (exact) mass is 306 g/mol. The summed E-state index contributed by atoms with van der Waals surface area (Å²) in [4.78, 5) is 25.1. The van der Waals surface area contributed by atoms with Crippen molar-refractivity contribution in [1.82, 2.24) is 30.8 Å². The normalized spacial score (nSPS) is 18.3. The molecule has 8 nitrogen and oxygen atoms in total. The van der Waals surface area contributed by atoms with Crippen LogP contribution in [0.4, 0.5) is 0 Å². The zero-order valence-electron chi connectivity index (χ0n) is 11.2. The van der Waals surface area contributed by atoms with E-state index in [2.05, 4.69) is 26.0 Å². The van der Waals surface area contributed by atoms with Gasteiger partial charge in [0.05, 0.1) is 4.88 Å². The summed E-state index contributed by atoms with van der Waals surface area (Å²) < 4.78 is 0. The minimum atomic E-state index is -0.189. The van der Waals surface area contributed by atoms with Gasteiger partial charge in [-0.2, -0.15) is 4.80 Å². The zero-order chi connectivity index (χ0) is 14.7. The Hall–Kier alpha value is -2.29. The molecule has 0 radical (unpaired) electrons. The van der Waals surface area contributed by atoms with Crippen molar-refractivity contribution in [3.8, 4) is 10.7 Å². The molecule has 21 heavy (non-hydrogen) atoms. The van der Waals surface area contributed by atoms with Crippen LogP contribution in [0.2, 0.25) is 0 Å². The van der Waals surface area contributed by atoms with Gasteiger partial charge in [-0.1, -0.05) is 6.07 Å². The average molecular weight is 306 g/mol. The van der Waals surface area contributed by atoms with Crippen molar-refractivity contribution in [2.24, 2.45) is 0 Å². The Morgan fingerprint density at radius 3 is 3.19 bits per heavy atom. The van der Waals surface area contributed by atoms with E-state index in [4.69, 9.17) is 0 Å². The van der Waals surface area contributed by atoms with Crippen molar-refractivity contribution in [3.63, 3.8) is 0 Å². The van der Waals surface area contributed by atoms with Gasteiger partial charge in [-0.25, -0.2) is 0 Å². The zero-order valence-corrected chi connectivity index (χ0v) is 12.0. The van der Waals surface area contributed by atoms with Gasteiger partial charge in [0.15, 0.2) is 0 Å². The van der Waals surface area contributed by atoms with Crippen molar-refractivity contribution in [1.29, 1.82) is 0 Å². The topological polar surface area (TPSA) is 102 Å². The van der Waals surface area contributed by atoms with Gasteiger partial charge in [-0.15, -0.1) is 21.5 Å². The number of nitrogens with zero attached hydrogens (tertiary/aromatic N) is 4. The summed E-state index contributed by atoms with van der Waals surface area (Å²) in [7, 11) is 0. The van der Waals surface area contributed by atoms with E-state index in [1.54, 1.807) is 0 Å². The van der Waals surface area contributed by atoms with Gasteiger partial charge >= 0.3 is 0 Å². The lowest BCUT2D eigenvalue weighted by molar-refractivity contribution is -0.126. The van der Waals surface area contributed by atoms with Crippen LogP contribution in [0, 0.1) is 0 Å². The highest BCUT2D eigenvalue weighted by atomic mass is 32.1. The number of thiophene rings is 1. The Bertz CT molecular complexity index is 628. The molecule has 0 aliphatic carbocycles. The fourth-order valence-electron chi connectivity index (χ4n) is 2.07. The molecule has 1 fully saturated rings. The minimum Gasteiger partial charge on any atom is -0.354 e. The summed E-state index contributed by atoms with van der Waals surface area (Å²) in [6.45, 7) is 0.485. The van der Waals surface area contributed by atoms with Crippen molar-refractivity contribution in [2.75, 3.05) is 6.54 Å². The lowest BCUT2D eigenvalue weighted by atomic mass is 10.1. The van der Waals surface area contributed by atoms with Gasteiger partial charge in [0.25, 0.3) is 0 Å². The van der Waals surface area contributed by atoms with Crippen molar-refractivity contribution in [3.05, 3.63) is 17.5 Å². The van der Waals surface area contributed by atoms with Crippen LogP contribution in [0.25, 0.3) is 10.7 Å². The third-order valence-electron chi connectivity index (χ3n) is 3.11. The number of tetrazole rings is 1. The fourth-order valence-corrected chi connectivity index (χ4v) is 2.72. The van der Waals surface area contributed by atoms with E-state index in [0.717, 1.165) is 4.88 Å². The van der Waals surface area contributed by atoms with Gasteiger partial charge in [0, 0.05) is 19.0 Å². The van der Waals surface area contributed by atoms with Gasteiger partial charge in [-0.3, -0.25) is 9.59 Å². The van der Waals surface area contributed by atoms with Gasteiger partial charge in [-0.05, 0) is 23.1 Å². The number of hydrogen-bond acceptors (Lipinski definition) is 6. The second-order valence-electron chi connectivity index (χ2n) is 4.73. The Balaban J connectivity index is 1.54. The number of aromatic nitrogens is 4. The quantitative estimate of drug-likeness (QED) is 0.814. The van der Waals surface area contributed by atoms with E-state index >= 15 is 0 Å². The lowest BCUT2D eigenvalue weighted by Gasteiger charge is -2.23. The predicted octanol–water partition coefficient (Wildman–Crippen LogP) is -0.204. The molecule has 0 bridgehead atoms. The summed E-state index contributed by atoms with van der Waals surface area (Å²) >= 11 is 1.52. The van der Waals surface area contributed by atoms with E-state index in [0.29, 0.717) is 25.2 Å². The SMILES string of the molecule is O=C1CCC(NC(=O)Cn2nnc(-c3cccs3)n2)CN1. The number of carbonyl (C=O) groups excluding carboxylic acids is 2. The maximum absolute atomic E-state index is 11.9. The smallest absolute Gasteiger partial charge is 0.243 e. The molecule has 1 saturated heterocycles. The third kappa shape index (κ3) is 3.43. The minimum absolute atomic E-state index is 0.0167. The highest BCUT2D eigenvalue weighted by Crippen LogP contribution is 2.19. The van der Waals surface area contributed by atoms with Crippen LogP contribution in [0.3, 0.4) is 0 Å². The molecule has 3 rings (SSSR count). The Labute approximate surface area is 124 Å². The summed E-state index contributed by atoms with van der Waals surface area (Å²) in [6, 6.07) is 3.78. The summed E-state index contributed by atoms with van der Waals surface area (Å²) in [6.07, 6.45) is 1.10. The second-order valence-corrected chi connectivity index (χ2v) is 5.68. The molecule has 2 aromatic rings. The van der Waals surface area contributed by atoms with Gasteiger partial charge in [0.2, 0.25) is 17.6 Å². The largest absolute Gasteiger partial charge is 0.354 e. The van der Waals surface area contributed by atoms with Crippen LogP contribution in [-0.2, 0) is 16.1 Å². The first-order valence-electron chi connectivity index (χ1n) is 6.58. The van der Waals surface area contributed by atoms with E-state index in [1.807, 2.05) is 17.5 Å². The predicted molar refractivity (Wildman–Crippen MR) is 75.3 cm³/mol. The number of rotatable bonds is 4. The van der Waals surface area contributed by atoms with Crippen LogP contribution in [0.15, 0.2) is 17.5 Å². The molecule has 9 heteroatoms. The highest BCUT2D eigenvalue weighted by molar-refractivity contribution is 7.13. The molecule has 1 atom stereocenters. The Morgan fingerprint density at radius 1 is 1.57 bits per heavy atom. The van der Waals surface area contributed by atoms with Crippen molar-refractivity contribution in [2.45, 2.75) is 25.4 Å². The first-order chi connectivity index (χ1) is 10.2. The molecular weight excluding hydrogens is 292 g/mol. The first-order valence-corrected chi connectivity index (χ1v) is 7.46. The van der Waals surface area contributed by atoms with E-state index in [-0.39, 0.29) is 24.4 Å². The maximum Gasteiger partial charge on any atom is 0.243 e. The molecule has 2 N–H and O–H groups in total. The van der Waals surface area contributed by atoms with E-state index in [9.17, 15) is 9.59 Å². The third-order valence-corrected chi connectivity index (χ3v) is 3.98. The summed E-state index contributed by atoms with van der Waals surface area (Å²) in [5, 5.41) is 19.5. The van der Waals surface area contributed by atoms with Crippen LogP contribution < -0.4 is 10.6 Å². The molecule has 0 saturated carbocycles. The molecule has 0 aromatic carbocycles. The van der Waals surface area contributed by atoms with Crippen LogP contribution >= 0.6 is 11.3 Å². The maximum atomic E-state index is 11.9. The lowest BCUT2D eigenvalue weighted by Crippen LogP contribution is -2.48. The molecule has 2 aromatic heterocycles. The van der Waals surface area contributed by atoms with Crippen LogP contribution in [0.1, 0.15) is 12.8 Å². The number of piperidine rings is 1. The standard InChI is InChI=1S/C12H14N6O2S/c19-10-4-3-8(6-13-10)14-11(20)7-18-16-12(15-17-18)9-2-1-5-21-9/h1-2,5,8H,3-4,6-7H2,(H,13,19)(H,14,20). The molecule has 0 spiro atoms. The van der Waals surface area contributed by atoms with Crippen LogP contribution in [-0.4, -0.2) is 44.6 Å². The number of hydrogen-bond donors (Lipinski definition) is 2. The summed E-state index contributed by atoms with van der Waals surface area (Å²) in [5.74, 6) is 0.355. The van der Waals surface area contributed by atoms with E-state index < -0.39 is 0 Å². The molecule has 2 amide bonds. The molecule has 110 valence electrons. The van der Waals surface area contributed by atoms with Crippen molar-refractivity contribution >= 4 is 23.2 Å². The van der Waals surface area contributed by atoms with Crippen LogP contribution in [0.5, 0.6) is 0 Å². The molecule has 1 unspecified atom stereocenters. The molecule has 1 aliphatic rings. The molecule has 1 aliphatic heterocycles. The highest BCUT2D eigenvalue weighted by Gasteiger charge is 2.20. The van der Waals surface area contributed by atoms with Crippen molar-refractivity contribution < 1.29 is 9.59 Å². The number of carbonyl (C=O) groups is 2. The molecule has 3 heterocycles. The molecular formula is C12H14N6O2S. The van der Waals surface area contributed by atoms with Gasteiger partial charge in [0.1, 0.15) is 6.54 Å². The summed E-state index contributed by atoms with van der Waals surface area (Å²) in [5.41, 5.74) is 0. The van der Waals surface area contributed by atoms with Gasteiger partial charge < -0.3 is 10.6 Å².